The number of nitro groups is 1. The number of nitrogens with zero attached hydrogens (tertiary/aromatic N) is 2. The molecule has 0 aliphatic rings. The van der Waals surface area contributed by atoms with Crippen molar-refractivity contribution in [1.29, 1.82) is 0 Å². The van der Waals surface area contributed by atoms with Crippen molar-refractivity contribution in [3.05, 3.63) is 68.7 Å². The second-order valence-electron chi connectivity index (χ2n) is 5.05. The highest BCUT2D eigenvalue weighted by Crippen LogP contribution is 2.28. The van der Waals surface area contributed by atoms with Gasteiger partial charge in [-0.1, -0.05) is 40.2 Å². The van der Waals surface area contributed by atoms with Gasteiger partial charge in [0, 0.05) is 17.1 Å². The molecule has 11 heteroatoms. The highest BCUT2D eigenvalue weighted by molar-refractivity contribution is 9.10. The Labute approximate surface area is 157 Å². The van der Waals surface area contributed by atoms with Gasteiger partial charge in [0.25, 0.3) is 0 Å². The van der Waals surface area contributed by atoms with Crippen molar-refractivity contribution in [2.24, 2.45) is 0 Å². The second-order valence-corrected chi connectivity index (χ2v) is 7.51. The van der Waals surface area contributed by atoms with Crippen LogP contribution >= 0.6 is 15.9 Å². The molecule has 0 amide bonds. The van der Waals surface area contributed by atoms with Crippen molar-refractivity contribution >= 4 is 37.9 Å². The van der Waals surface area contributed by atoms with E-state index in [-0.39, 0.29) is 6.54 Å². The maximum atomic E-state index is 12.5. The van der Waals surface area contributed by atoms with Crippen molar-refractivity contribution in [1.82, 2.24) is 4.31 Å². The van der Waals surface area contributed by atoms with Gasteiger partial charge in [0.1, 0.15) is 6.54 Å². The Morgan fingerprint density at radius 1 is 1.19 bits per heavy atom. The number of benzene rings is 2. The molecule has 0 radical (unpaired) electrons. The molecule has 2 aromatic carbocycles. The molecule has 0 aromatic heterocycles. The van der Waals surface area contributed by atoms with E-state index in [1.54, 1.807) is 24.3 Å². The fourth-order valence-corrected chi connectivity index (χ4v) is 3.32. The number of rotatable bonds is 8. The minimum Gasteiger partial charge on any atom is -0.480 e. The number of carboxylic acids is 1. The molecule has 0 atom stereocenters. The predicted octanol–water partition coefficient (Wildman–Crippen LogP) is 2.57. The quantitative estimate of drug-likeness (QED) is 0.489. The average molecular weight is 445 g/mol. The second kappa shape index (κ2) is 8.25. The van der Waals surface area contributed by atoms with Gasteiger partial charge < -0.3 is 9.29 Å². The van der Waals surface area contributed by atoms with Crippen LogP contribution in [-0.4, -0.2) is 35.3 Å². The Balaban J connectivity index is 2.32. The summed E-state index contributed by atoms with van der Waals surface area (Å²) in [6, 6.07) is 11.5. The van der Waals surface area contributed by atoms with Crippen molar-refractivity contribution in [3.63, 3.8) is 0 Å². The van der Waals surface area contributed by atoms with E-state index in [9.17, 15) is 23.3 Å². The molecule has 2 aromatic rings. The van der Waals surface area contributed by atoms with Crippen molar-refractivity contribution in [3.8, 4) is 5.75 Å². The van der Waals surface area contributed by atoms with E-state index in [1.165, 1.54) is 12.1 Å². The Morgan fingerprint density at radius 3 is 2.38 bits per heavy atom. The predicted molar refractivity (Wildman–Crippen MR) is 94.8 cm³/mol. The zero-order valence-corrected chi connectivity index (χ0v) is 15.5. The molecule has 138 valence electrons. The number of halogens is 1. The number of hydrogen-bond acceptors (Lipinski definition) is 6. The van der Waals surface area contributed by atoms with Crippen molar-refractivity contribution < 1.29 is 27.4 Å². The van der Waals surface area contributed by atoms with E-state index in [4.69, 9.17) is 9.29 Å². The maximum Gasteiger partial charge on any atom is 0.386 e. The van der Waals surface area contributed by atoms with E-state index in [0.29, 0.717) is 9.87 Å². The molecule has 9 nitrogen and oxygen atoms in total. The molecule has 0 saturated heterocycles. The third-order valence-electron chi connectivity index (χ3n) is 3.16. The lowest BCUT2D eigenvalue weighted by Gasteiger charge is -2.20. The molecule has 0 aliphatic heterocycles. The van der Waals surface area contributed by atoms with Crippen molar-refractivity contribution in [2.75, 3.05) is 6.54 Å². The smallest absolute Gasteiger partial charge is 0.386 e. The number of aliphatic carboxylic acids is 1. The molecule has 0 aliphatic carbocycles. The summed E-state index contributed by atoms with van der Waals surface area (Å²) in [5.74, 6) is -1.89. The monoisotopic (exact) mass is 444 g/mol. The largest absolute Gasteiger partial charge is 0.480 e. The molecule has 1 N–H and O–H groups in total. The van der Waals surface area contributed by atoms with Gasteiger partial charge in [-0.2, -0.15) is 12.7 Å². The fraction of sp³-hybridized carbons (Fsp3) is 0.133. The Hall–Kier alpha value is -2.50. The summed E-state index contributed by atoms with van der Waals surface area (Å²) < 4.78 is 31.2. The molecule has 0 saturated carbocycles. The summed E-state index contributed by atoms with van der Waals surface area (Å²) in [5.41, 5.74) is -0.0285. The van der Waals surface area contributed by atoms with E-state index >= 15 is 0 Å². The molecule has 0 spiro atoms. The van der Waals surface area contributed by atoms with Gasteiger partial charge in [0.2, 0.25) is 5.75 Å². The SMILES string of the molecule is O=C(O)CN(Cc1ccc(Br)cc1)S(=O)(=O)Oc1ccccc1[N+](=O)[O-]. The number of hydrogen-bond donors (Lipinski definition) is 1. The van der Waals surface area contributed by atoms with E-state index in [0.717, 1.165) is 16.6 Å². The highest BCUT2D eigenvalue weighted by Gasteiger charge is 2.29. The number of nitro benzene ring substituents is 1. The summed E-state index contributed by atoms with van der Waals surface area (Å²) >= 11 is 3.24. The topological polar surface area (TPSA) is 127 Å². The van der Waals surface area contributed by atoms with Crippen LogP contribution in [0.4, 0.5) is 5.69 Å². The molecule has 0 bridgehead atoms. The third kappa shape index (κ3) is 5.25. The van der Waals surface area contributed by atoms with Crippen LogP contribution < -0.4 is 4.18 Å². The maximum absolute atomic E-state index is 12.5. The summed E-state index contributed by atoms with van der Waals surface area (Å²) in [4.78, 5) is 21.3. The molecular formula is C15H13BrN2O7S. The summed E-state index contributed by atoms with van der Waals surface area (Å²) in [5, 5.41) is 20.0. The normalized spacial score (nSPS) is 11.3. The first-order valence-electron chi connectivity index (χ1n) is 7.08. The van der Waals surface area contributed by atoms with Crippen LogP contribution in [0.2, 0.25) is 0 Å². The Kier molecular flexibility index (Phi) is 6.29. The third-order valence-corrected chi connectivity index (χ3v) is 4.97. The van der Waals surface area contributed by atoms with Crippen molar-refractivity contribution in [2.45, 2.75) is 6.54 Å². The standard InChI is InChI=1S/C15H13BrN2O7S/c16-12-7-5-11(6-8-12)9-17(10-15(19)20)26(23,24)25-14-4-2-1-3-13(14)18(21)22/h1-8H,9-10H2,(H,19,20). The lowest BCUT2D eigenvalue weighted by atomic mass is 10.2. The number of para-hydroxylation sites is 2. The van der Waals surface area contributed by atoms with Gasteiger partial charge >= 0.3 is 22.0 Å². The van der Waals surface area contributed by atoms with Crippen LogP contribution in [-0.2, 0) is 21.6 Å². The van der Waals surface area contributed by atoms with Gasteiger partial charge in [0.15, 0.2) is 0 Å². The van der Waals surface area contributed by atoms with Gasteiger partial charge in [-0.25, -0.2) is 0 Å². The van der Waals surface area contributed by atoms with Crippen LogP contribution in [0.15, 0.2) is 53.0 Å². The fourth-order valence-electron chi connectivity index (χ4n) is 2.00. The van der Waals surface area contributed by atoms with Crippen LogP contribution in [0.5, 0.6) is 5.75 Å². The first-order valence-corrected chi connectivity index (χ1v) is 9.24. The number of carbonyl (C=O) groups is 1. The molecule has 0 unspecified atom stereocenters. The molecule has 0 heterocycles. The van der Waals surface area contributed by atoms with Gasteiger partial charge in [-0.3, -0.25) is 14.9 Å². The van der Waals surface area contributed by atoms with Gasteiger partial charge in [-0.05, 0) is 23.8 Å². The molecule has 26 heavy (non-hydrogen) atoms. The first kappa shape index (κ1) is 19.8. The summed E-state index contributed by atoms with van der Waals surface area (Å²) in [6.45, 7) is -1.14. The molecule has 0 fully saturated rings. The first-order chi connectivity index (χ1) is 12.2. The lowest BCUT2D eigenvalue weighted by Crippen LogP contribution is -2.38. The lowest BCUT2D eigenvalue weighted by molar-refractivity contribution is -0.385. The van der Waals surface area contributed by atoms with E-state index < -0.39 is 39.2 Å². The van der Waals surface area contributed by atoms with Gasteiger partial charge in [0.05, 0.1) is 4.92 Å². The van der Waals surface area contributed by atoms with Crippen LogP contribution in [0.3, 0.4) is 0 Å². The minimum atomic E-state index is -4.60. The minimum absolute atomic E-state index is 0.275. The van der Waals surface area contributed by atoms with Crippen LogP contribution in [0.25, 0.3) is 0 Å². The highest BCUT2D eigenvalue weighted by atomic mass is 79.9. The number of carboxylic acid groups (broad SMARTS) is 1. The molecule has 2 rings (SSSR count). The zero-order valence-electron chi connectivity index (χ0n) is 13.1. The van der Waals surface area contributed by atoms with Gasteiger partial charge in [-0.15, -0.1) is 0 Å². The van der Waals surface area contributed by atoms with E-state index in [1.807, 2.05) is 0 Å². The zero-order chi connectivity index (χ0) is 19.3. The van der Waals surface area contributed by atoms with Crippen LogP contribution in [0, 0.1) is 10.1 Å². The van der Waals surface area contributed by atoms with Crippen LogP contribution in [0.1, 0.15) is 5.56 Å². The molecular weight excluding hydrogens is 432 g/mol. The summed E-state index contributed by atoms with van der Waals surface area (Å²) in [7, 11) is -4.60. The average Bonchev–Trinajstić information content (AvgIpc) is 2.55. The Morgan fingerprint density at radius 2 is 1.81 bits per heavy atom. The van der Waals surface area contributed by atoms with E-state index in [2.05, 4.69) is 15.9 Å². The summed E-state index contributed by atoms with van der Waals surface area (Å²) in [6.07, 6.45) is 0. The Bertz CT molecular complexity index is 916.